The Morgan fingerprint density at radius 1 is 1.32 bits per heavy atom. The van der Waals surface area contributed by atoms with Crippen molar-refractivity contribution in [3.63, 3.8) is 0 Å². The van der Waals surface area contributed by atoms with Gasteiger partial charge in [0.25, 0.3) is 5.91 Å². The van der Waals surface area contributed by atoms with E-state index in [1.165, 1.54) is 0 Å². The largest absolute Gasteiger partial charge is 0.350 e. The van der Waals surface area contributed by atoms with E-state index < -0.39 is 0 Å². The molecule has 1 aliphatic rings. The topological polar surface area (TPSA) is 36.1 Å². The maximum Gasteiger partial charge on any atom is 0.270 e. The summed E-state index contributed by atoms with van der Waals surface area (Å²) >= 11 is 5.96. The molecule has 0 atom stereocenters. The maximum absolute atomic E-state index is 12.4. The lowest BCUT2D eigenvalue weighted by Crippen LogP contribution is -2.38. The first kappa shape index (κ1) is 12.5. The average molecular weight is 277 g/mol. The summed E-state index contributed by atoms with van der Waals surface area (Å²) in [6.07, 6.45) is 2.19. The fourth-order valence-electron chi connectivity index (χ4n) is 2.60. The van der Waals surface area contributed by atoms with E-state index in [0.717, 1.165) is 42.8 Å². The lowest BCUT2D eigenvalue weighted by molar-refractivity contribution is 0.0692. The summed E-state index contributed by atoms with van der Waals surface area (Å²) in [5.74, 6) is 0.824. The van der Waals surface area contributed by atoms with Crippen LogP contribution in [0, 0.1) is 5.92 Å². The molecule has 0 unspecified atom stereocenters. The normalized spacial score (nSPS) is 17.1. The van der Waals surface area contributed by atoms with Crippen molar-refractivity contribution < 1.29 is 4.79 Å². The number of fused-ring (bicyclic) bond motifs is 1. The molecule has 0 radical (unpaired) electrons. The maximum atomic E-state index is 12.4. The van der Waals surface area contributed by atoms with Crippen LogP contribution in [0.2, 0.25) is 5.02 Å². The third kappa shape index (κ3) is 2.47. The Balaban J connectivity index is 1.85. The zero-order chi connectivity index (χ0) is 13.4. The van der Waals surface area contributed by atoms with Crippen molar-refractivity contribution in [2.45, 2.75) is 19.8 Å². The number of hydrogen-bond donors (Lipinski definition) is 1. The molecule has 1 fully saturated rings. The molecule has 1 aliphatic heterocycles. The van der Waals surface area contributed by atoms with Gasteiger partial charge in [0, 0.05) is 29.0 Å². The second kappa shape index (κ2) is 4.89. The molecule has 0 saturated carbocycles. The van der Waals surface area contributed by atoms with Crippen molar-refractivity contribution in [3.8, 4) is 0 Å². The van der Waals surface area contributed by atoms with Crippen LogP contribution in [0.1, 0.15) is 30.3 Å². The van der Waals surface area contributed by atoms with E-state index in [4.69, 9.17) is 11.6 Å². The van der Waals surface area contributed by atoms with Crippen LogP contribution in [0.5, 0.6) is 0 Å². The third-order valence-corrected chi connectivity index (χ3v) is 4.12. The SMILES string of the molecule is CC1CCN(C(=O)c2cc3ccc(Cl)cc3[nH]2)CC1. The van der Waals surface area contributed by atoms with Crippen LogP contribution in [-0.4, -0.2) is 28.9 Å². The van der Waals surface area contributed by atoms with E-state index in [-0.39, 0.29) is 5.91 Å². The van der Waals surface area contributed by atoms with Gasteiger partial charge in [-0.25, -0.2) is 0 Å². The van der Waals surface area contributed by atoms with Crippen molar-refractivity contribution in [2.24, 2.45) is 5.92 Å². The highest BCUT2D eigenvalue weighted by Gasteiger charge is 2.22. The number of aromatic nitrogens is 1. The van der Waals surface area contributed by atoms with Gasteiger partial charge in [0.05, 0.1) is 0 Å². The first-order valence-corrected chi connectivity index (χ1v) is 7.09. The summed E-state index contributed by atoms with van der Waals surface area (Å²) in [4.78, 5) is 17.5. The van der Waals surface area contributed by atoms with Crippen molar-refractivity contribution in [1.29, 1.82) is 0 Å². The third-order valence-electron chi connectivity index (χ3n) is 3.89. The minimum absolute atomic E-state index is 0.0965. The van der Waals surface area contributed by atoms with Crippen molar-refractivity contribution in [2.75, 3.05) is 13.1 Å². The van der Waals surface area contributed by atoms with Gasteiger partial charge in [-0.1, -0.05) is 24.6 Å². The lowest BCUT2D eigenvalue weighted by atomic mass is 9.99. The summed E-state index contributed by atoms with van der Waals surface area (Å²) in [6, 6.07) is 7.54. The van der Waals surface area contributed by atoms with E-state index >= 15 is 0 Å². The highest BCUT2D eigenvalue weighted by Crippen LogP contribution is 2.22. The van der Waals surface area contributed by atoms with Gasteiger partial charge in [-0.05, 0) is 37.0 Å². The van der Waals surface area contributed by atoms with Gasteiger partial charge in [0.2, 0.25) is 0 Å². The van der Waals surface area contributed by atoms with E-state index in [9.17, 15) is 4.79 Å². The van der Waals surface area contributed by atoms with Crippen LogP contribution in [0.4, 0.5) is 0 Å². The molecule has 2 heterocycles. The van der Waals surface area contributed by atoms with E-state index in [1.807, 2.05) is 29.2 Å². The van der Waals surface area contributed by atoms with Gasteiger partial charge in [-0.15, -0.1) is 0 Å². The number of nitrogens with zero attached hydrogens (tertiary/aromatic N) is 1. The van der Waals surface area contributed by atoms with E-state index in [2.05, 4.69) is 11.9 Å². The fraction of sp³-hybridized carbons (Fsp3) is 0.400. The number of halogens is 1. The lowest BCUT2D eigenvalue weighted by Gasteiger charge is -2.29. The number of benzene rings is 1. The van der Waals surface area contributed by atoms with Crippen molar-refractivity contribution in [3.05, 3.63) is 35.0 Å². The summed E-state index contributed by atoms with van der Waals surface area (Å²) < 4.78 is 0. The van der Waals surface area contributed by atoms with Gasteiger partial charge in [0.1, 0.15) is 5.69 Å². The van der Waals surface area contributed by atoms with Crippen LogP contribution in [0.15, 0.2) is 24.3 Å². The first-order valence-electron chi connectivity index (χ1n) is 6.71. The summed E-state index contributed by atoms with van der Waals surface area (Å²) in [6.45, 7) is 3.96. The molecule has 1 aromatic carbocycles. The zero-order valence-corrected chi connectivity index (χ0v) is 11.7. The van der Waals surface area contributed by atoms with Crippen LogP contribution in [0.3, 0.4) is 0 Å². The Bertz CT molecular complexity index is 612. The van der Waals surface area contributed by atoms with Gasteiger partial charge < -0.3 is 9.88 Å². The molecular formula is C15H17ClN2O. The Morgan fingerprint density at radius 2 is 2.05 bits per heavy atom. The molecule has 3 nitrogen and oxygen atoms in total. The Morgan fingerprint density at radius 3 is 2.79 bits per heavy atom. The number of nitrogens with one attached hydrogen (secondary N) is 1. The number of hydrogen-bond acceptors (Lipinski definition) is 1. The molecule has 0 aliphatic carbocycles. The van der Waals surface area contributed by atoms with Crippen LogP contribution < -0.4 is 0 Å². The van der Waals surface area contributed by atoms with Gasteiger partial charge >= 0.3 is 0 Å². The molecule has 100 valence electrons. The minimum Gasteiger partial charge on any atom is -0.350 e. The number of likely N-dealkylation sites (tertiary alicyclic amines) is 1. The number of carbonyl (C=O) groups excluding carboxylic acids is 1. The Labute approximate surface area is 117 Å². The Kier molecular flexibility index (Phi) is 3.23. The number of piperidine rings is 1. The smallest absolute Gasteiger partial charge is 0.270 e. The summed E-state index contributed by atoms with van der Waals surface area (Å²) in [5, 5.41) is 1.71. The summed E-state index contributed by atoms with van der Waals surface area (Å²) in [5.41, 5.74) is 1.58. The molecule has 4 heteroatoms. The molecule has 1 saturated heterocycles. The second-order valence-corrected chi connectivity index (χ2v) is 5.83. The quantitative estimate of drug-likeness (QED) is 0.847. The molecular weight excluding hydrogens is 260 g/mol. The fourth-order valence-corrected chi connectivity index (χ4v) is 2.77. The highest BCUT2D eigenvalue weighted by atomic mass is 35.5. The first-order chi connectivity index (χ1) is 9.13. The van der Waals surface area contributed by atoms with Gasteiger partial charge in [-0.2, -0.15) is 0 Å². The van der Waals surface area contributed by atoms with Crippen LogP contribution >= 0.6 is 11.6 Å². The highest BCUT2D eigenvalue weighted by molar-refractivity contribution is 6.31. The summed E-state index contributed by atoms with van der Waals surface area (Å²) in [7, 11) is 0. The Hall–Kier alpha value is -1.48. The predicted octanol–water partition coefficient (Wildman–Crippen LogP) is 3.69. The average Bonchev–Trinajstić information content (AvgIpc) is 2.81. The van der Waals surface area contributed by atoms with Crippen molar-refractivity contribution >= 4 is 28.4 Å². The molecule has 0 bridgehead atoms. The predicted molar refractivity (Wildman–Crippen MR) is 77.6 cm³/mol. The van der Waals surface area contributed by atoms with E-state index in [1.54, 1.807) is 0 Å². The van der Waals surface area contributed by atoms with Gasteiger partial charge in [0.15, 0.2) is 0 Å². The minimum atomic E-state index is 0.0965. The molecule has 3 rings (SSSR count). The molecule has 1 amide bonds. The molecule has 1 N–H and O–H groups in total. The molecule has 0 spiro atoms. The van der Waals surface area contributed by atoms with Gasteiger partial charge in [-0.3, -0.25) is 4.79 Å². The number of aromatic amines is 1. The number of amides is 1. The van der Waals surface area contributed by atoms with E-state index in [0.29, 0.717) is 10.7 Å². The zero-order valence-electron chi connectivity index (χ0n) is 10.9. The standard InChI is InChI=1S/C15H17ClN2O/c1-10-4-6-18(7-5-10)15(19)14-8-11-2-3-12(16)9-13(11)17-14/h2-3,8-10,17H,4-7H2,1H3. The monoisotopic (exact) mass is 276 g/mol. The number of rotatable bonds is 1. The van der Waals surface area contributed by atoms with Crippen LogP contribution in [-0.2, 0) is 0 Å². The number of H-pyrrole nitrogens is 1. The second-order valence-electron chi connectivity index (χ2n) is 5.39. The molecule has 1 aromatic heterocycles. The van der Waals surface area contributed by atoms with Crippen LogP contribution in [0.25, 0.3) is 10.9 Å². The number of carbonyl (C=O) groups is 1. The molecule has 19 heavy (non-hydrogen) atoms. The van der Waals surface area contributed by atoms with Crippen molar-refractivity contribution in [1.82, 2.24) is 9.88 Å². The molecule has 2 aromatic rings.